The molecule has 0 saturated heterocycles. The minimum Gasteiger partial charge on any atom is -0.508 e. The van der Waals surface area contributed by atoms with Crippen LogP contribution in [-0.4, -0.2) is 17.9 Å². The molecule has 4 nitrogen and oxygen atoms in total. The number of nitrogens with one attached hydrogen (secondary N) is 1. The first-order valence-corrected chi connectivity index (χ1v) is 10.3. The van der Waals surface area contributed by atoms with Gasteiger partial charge in [0.1, 0.15) is 17.7 Å². The molecule has 0 aromatic heterocycles. The second kappa shape index (κ2) is 8.39. The number of halogens is 1. The first kappa shape index (κ1) is 19.7. The largest absolute Gasteiger partial charge is 0.508 e. The summed E-state index contributed by atoms with van der Waals surface area (Å²) in [6, 6.07) is 21.8. The fraction of sp³-hybridized carbons (Fsp3) is 0.208. The van der Waals surface area contributed by atoms with Crippen LogP contribution in [0.3, 0.4) is 0 Å². The van der Waals surface area contributed by atoms with Gasteiger partial charge in [-0.2, -0.15) is 0 Å². The third kappa shape index (κ3) is 4.36. The predicted molar refractivity (Wildman–Crippen MR) is 120 cm³/mol. The van der Waals surface area contributed by atoms with E-state index in [4.69, 9.17) is 9.73 Å². The molecule has 1 aliphatic rings. The summed E-state index contributed by atoms with van der Waals surface area (Å²) in [5.74, 6) is 1.10. The summed E-state index contributed by atoms with van der Waals surface area (Å²) in [5.41, 5.74) is 5.26. The Bertz CT molecular complexity index is 1030. The Labute approximate surface area is 179 Å². The van der Waals surface area contributed by atoms with Crippen LogP contribution in [0.1, 0.15) is 40.9 Å². The third-order valence-corrected chi connectivity index (χ3v) is 5.72. The van der Waals surface area contributed by atoms with Crippen LogP contribution in [0.5, 0.6) is 11.5 Å². The van der Waals surface area contributed by atoms with Crippen molar-refractivity contribution in [3.8, 4) is 11.5 Å². The van der Waals surface area contributed by atoms with Crippen LogP contribution in [0.4, 0.5) is 0 Å². The molecular weight excluding hydrogens is 428 g/mol. The molecule has 2 N–H and O–H groups in total. The standard InChI is InChI=1S/C24H23BrN2O2/c1-15-3-5-16(6-4-15)21-14-22(20-13-18(25)9-12-23(20)28)27-24(26-21)17-7-10-19(29-2)11-8-17/h3-13,22,24,27-28H,14H2,1-2H3/t22-,24-/m0/s1. The van der Waals surface area contributed by atoms with Crippen molar-refractivity contribution >= 4 is 21.6 Å². The maximum Gasteiger partial charge on any atom is 0.126 e. The first-order valence-electron chi connectivity index (χ1n) is 9.55. The smallest absolute Gasteiger partial charge is 0.126 e. The van der Waals surface area contributed by atoms with Crippen molar-refractivity contribution in [1.29, 1.82) is 0 Å². The topological polar surface area (TPSA) is 53.9 Å². The average Bonchev–Trinajstić information content (AvgIpc) is 2.75. The number of rotatable bonds is 4. The molecule has 1 aliphatic heterocycles. The molecule has 0 aliphatic carbocycles. The van der Waals surface area contributed by atoms with E-state index in [2.05, 4.69) is 52.4 Å². The predicted octanol–water partition coefficient (Wildman–Crippen LogP) is 5.69. The van der Waals surface area contributed by atoms with Gasteiger partial charge in [-0.15, -0.1) is 0 Å². The van der Waals surface area contributed by atoms with Gasteiger partial charge in [0.05, 0.1) is 7.11 Å². The van der Waals surface area contributed by atoms with E-state index in [1.807, 2.05) is 36.4 Å². The number of methoxy groups -OCH3 is 1. The van der Waals surface area contributed by atoms with Gasteiger partial charge in [-0.25, -0.2) is 0 Å². The van der Waals surface area contributed by atoms with Crippen molar-refractivity contribution in [3.05, 3.63) is 93.5 Å². The van der Waals surface area contributed by atoms with Gasteiger partial charge in [-0.3, -0.25) is 10.3 Å². The summed E-state index contributed by atoms with van der Waals surface area (Å²) in [4.78, 5) is 5.01. The van der Waals surface area contributed by atoms with E-state index in [9.17, 15) is 5.11 Å². The Hall–Kier alpha value is -2.63. The van der Waals surface area contributed by atoms with Crippen LogP contribution in [0.15, 0.2) is 76.2 Å². The summed E-state index contributed by atoms with van der Waals surface area (Å²) in [7, 11) is 1.66. The molecule has 2 atom stereocenters. The number of phenols is 1. The van der Waals surface area contributed by atoms with Crippen molar-refractivity contribution in [2.45, 2.75) is 25.6 Å². The van der Waals surface area contributed by atoms with Gasteiger partial charge in [0.15, 0.2) is 0 Å². The molecule has 0 radical (unpaired) electrons. The average molecular weight is 451 g/mol. The van der Waals surface area contributed by atoms with Gasteiger partial charge in [0, 0.05) is 28.2 Å². The molecule has 0 unspecified atom stereocenters. The second-order valence-electron chi connectivity index (χ2n) is 7.24. The molecule has 148 valence electrons. The molecule has 1 heterocycles. The maximum atomic E-state index is 10.5. The molecule has 4 rings (SSSR count). The SMILES string of the molecule is COc1ccc([C@H]2N=C(c3ccc(C)cc3)C[C@@H](c3cc(Br)ccc3O)N2)cc1. The lowest BCUT2D eigenvalue weighted by atomic mass is 9.93. The van der Waals surface area contributed by atoms with Crippen molar-refractivity contribution in [3.63, 3.8) is 0 Å². The maximum absolute atomic E-state index is 10.5. The zero-order valence-corrected chi connectivity index (χ0v) is 18.0. The number of phenolic OH excluding ortho intramolecular Hbond substituents is 1. The molecule has 29 heavy (non-hydrogen) atoms. The lowest BCUT2D eigenvalue weighted by molar-refractivity contribution is 0.408. The highest BCUT2D eigenvalue weighted by molar-refractivity contribution is 9.10. The zero-order chi connectivity index (χ0) is 20.4. The van der Waals surface area contributed by atoms with E-state index in [1.165, 1.54) is 5.56 Å². The molecule has 5 heteroatoms. The monoisotopic (exact) mass is 450 g/mol. The van der Waals surface area contributed by atoms with Gasteiger partial charge in [-0.05, 0) is 48.4 Å². The zero-order valence-electron chi connectivity index (χ0n) is 16.4. The second-order valence-corrected chi connectivity index (χ2v) is 8.16. The summed E-state index contributed by atoms with van der Waals surface area (Å²) in [6.07, 6.45) is 0.481. The number of nitrogens with zero attached hydrogens (tertiary/aromatic N) is 1. The fourth-order valence-electron chi connectivity index (χ4n) is 3.59. The van der Waals surface area contributed by atoms with E-state index in [1.54, 1.807) is 13.2 Å². The van der Waals surface area contributed by atoms with Crippen LogP contribution in [0, 0.1) is 6.92 Å². The van der Waals surface area contributed by atoms with Gasteiger partial charge in [0.25, 0.3) is 0 Å². The Morgan fingerprint density at radius 1 is 1.03 bits per heavy atom. The number of hydrogen-bond donors (Lipinski definition) is 2. The van der Waals surface area contributed by atoms with Gasteiger partial charge >= 0.3 is 0 Å². The molecule has 0 bridgehead atoms. The lowest BCUT2D eigenvalue weighted by Crippen LogP contribution is -2.33. The summed E-state index contributed by atoms with van der Waals surface area (Å²) in [6.45, 7) is 2.08. The highest BCUT2D eigenvalue weighted by Crippen LogP contribution is 2.36. The summed E-state index contributed by atoms with van der Waals surface area (Å²) in [5, 5.41) is 14.1. The summed E-state index contributed by atoms with van der Waals surface area (Å²) >= 11 is 3.52. The Morgan fingerprint density at radius 2 is 1.76 bits per heavy atom. The number of aliphatic imine (C=N–C) groups is 1. The molecule has 0 saturated carbocycles. The third-order valence-electron chi connectivity index (χ3n) is 5.22. The molecule has 0 spiro atoms. The quantitative estimate of drug-likeness (QED) is 0.536. The van der Waals surface area contributed by atoms with Crippen molar-refractivity contribution in [2.75, 3.05) is 7.11 Å². The van der Waals surface area contributed by atoms with Crippen molar-refractivity contribution in [1.82, 2.24) is 5.32 Å². The van der Waals surface area contributed by atoms with E-state index >= 15 is 0 Å². The molecule has 3 aromatic carbocycles. The van der Waals surface area contributed by atoms with E-state index in [-0.39, 0.29) is 18.0 Å². The van der Waals surface area contributed by atoms with Gasteiger partial charge in [0.2, 0.25) is 0 Å². The van der Waals surface area contributed by atoms with Crippen LogP contribution in [0.2, 0.25) is 0 Å². The number of benzene rings is 3. The van der Waals surface area contributed by atoms with Crippen LogP contribution >= 0.6 is 15.9 Å². The van der Waals surface area contributed by atoms with Gasteiger partial charge < -0.3 is 9.84 Å². The number of ether oxygens (including phenoxy) is 1. The summed E-state index contributed by atoms with van der Waals surface area (Å²) < 4.78 is 6.22. The van der Waals surface area contributed by atoms with Gasteiger partial charge in [-0.1, -0.05) is 57.9 Å². The molecule has 0 fully saturated rings. The normalized spacial score (nSPS) is 18.9. The van der Waals surface area contributed by atoms with E-state index in [0.717, 1.165) is 32.6 Å². The van der Waals surface area contributed by atoms with E-state index < -0.39 is 0 Å². The van der Waals surface area contributed by atoms with E-state index in [0.29, 0.717) is 6.42 Å². The van der Waals surface area contributed by atoms with Crippen LogP contribution in [0.25, 0.3) is 0 Å². The minimum atomic E-state index is -0.214. The van der Waals surface area contributed by atoms with Crippen molar-refractivity contribution < 1.29 is 9.84 Å². The molecular formula is C24H23BrN2O2. The number of aromatic hydroxyl groups is 1. The van der Waals surface area contributed by atoms with Crippen LogP contribution in [-0.2, 0) is 0 Å². The minimum absolute atomic E-state index is 0.0617. The molecule has 0 amide bonds. The first-order chi connectivity index (χ1) is 14.0. The molecule has 3 aromatic rings. The highest BCUT2D eigenvalue weighted by Gasteiger charge is 2.27. The Morgan fingerprint density at radius 3 is 2.45 bits per heavy atom. The Balaban J connectivity index is 1.74. The fourth-order valence-corrected chi connectivity index (χ4v) is 3.97. The highest BCUT2D eigenvalue weighted by atomic mass is 79.9. The lowest BCUT2D eigenvalue weighted by Gasteiger charge is -2.31. The van der Waals surface area contributed by atoms with Crippen LogP contribution < -0.4 is 10.1 Å². The van der Waals surface area contributed by atoms with Crippen molar-refractivity contribution in [2.24, 2.45) is 4.99 Å². The Kier molecular flexibility index (Phi) is 5.69. The number of aryl methyl sites for hydroxylation is 1. The number of hydrogen-bond acceptors (Lipinski definition) is 4.